The summed E-state index contributed by atoms with van der Waals surface area (Å²) in [5.74, 6) is 1.01. The molecule has 1 unspecified atom stereocenters. The first-order valence-electron chi connectivity index (χ1n) is 6.79. The van der Waals surface area contributed by atoms with Crippen LogP contribution in [0.5, 0.6) is 11.5 Å². The molecule has 1 atom stereocenters. The summed E-state index contributed by atoms with van der Waals surface area (Å²) in [4.78, 5) is 0. The lowest BCUT2D eigenvalue weighted by Gasteiger charge is -2.10. The van der Waals surface area contributed by atoms with E-state index in [2.05, 4.69) is 12.7 Å². The van der Waals surface area contributed by atoms with E-state index in [0.29, 0.717) is 12.8 Å². The van der Waals surface area contributed by atoms with E-state index in [0.717, 1.165) is 23.3 Å². The summed E-state index contributed by atoms with van der Waals surface area (Å²) in [6.45, 7) is 7.62. The van der Waals surface area contributed by atoms with Crippen molar-refractivity contribution in [3.63, 3.8) is 0 Å². The molecule has 1 rings (SSSR count). The molecule has 0 aliphatic rings. The third-order valence-corrected chi connectivity index (χ3v) is 3.32. The van der Waals surface area contributed by atoms with Crippen LogP contribution in [0.4, 0.5) is 0 Å². The number of aliphatic hydroxyl groups excluding tert-OH is 1. The van der Waals surface area contributed by atoms with E-state index >= 15 is 0 Å². The molecule has 110 valence electrons. The minimum absolute atomic E-state index is 0.240. The minimum atomic E-state index is -0.436. The van der Waals surface area contributed by atoms with Gasteiger partial charge < -0.3 is 14.9 Å². The molecular formula is C17H24O3. The highest BCUT2D eigenvalue weighted by Gasteiger charge is 2.06. The number of hydrogen-bond acceptors (Lipinski definition) is 3. The van der Waals surface area contributed by atoms with E-state index in [1.165, 1.54) is 5.57 Å². The molecule has 3 nitrogen and oxygen atoms in total. The fourth-order valence-electron chi connectivity index (χ4n) is 1.92. The van der Waals surface area contributed by atoms with Crippen molar-refractivity contribution in [2.75, 3.05) is 7.11 Å². The highest BCUT2D eigenvalue weighted by molar-refractivity contribution is 5.40. The Labute approximate surface area is 121 Å². The summed E-state index contributed by atoms with van der Waals surface area (Å²) in [5, 5.41) is 19.2. The van der Waals surface area contributed by atoms with Gasteiger partial charge in [-0.25, -0.2) is 0 Å². The molecule has 3 heteroatoms. The van der Waals surface area contributed by atoms with Crippen molar-refractivity contribution in [1.29, 1.82) is 0 Å². The number of phenols is 1. The van der Waals surface area contributed by atoms with Gasteiger partial charge in [0, 0.05) is 5.56 Å². The molecule has 0 aliphatic heterocycles. The van der Waals surface area contributed by atoms with Gasteiger partial charge in [-0.3, -0.25) is 0 Å². The van der Waals surface area contributed by atoms with Gasteiger partial charge in [-0.2, -0.15) is 0 Å². The van der Waals surface area contributed by atoms with Crippen molar-refractivity contribution < 1.29 is 14.9 Å². The Balaban J connectivity index is 2.62. The van der Waals surface area contributed by atoms with Crippen molar-refractivity contribution in [2.24, 2.45) is 0 Å². The van der Waals surface area contributed by atoms with E-state index in [9.17, 15) is 10.2 Å². The molecule has 0 saturated heterocycles. The molecule has 0 aromatic heterocycles. The summed E-state index contributed by atoms with van der Waals surface area (Å²) in [5.41, 5.74) is 2.95. The Morgan fingerprint density at radius 1 is 1.40 bits per heavy atom. The van der Waals surface area contributed by atoms with Crippen LogP contribution in [0, 0.1) is 0 Å². The van der Waals surface area contributed by atoms with Gasteiger partial charge in [0.1, 0.15) is 11.5 Å². The van der Waals surface area contributed by atoms with Crippen LogP contribution in [-0.4, -0.2) is 23.4 Å². The van der Waals surface area contributed by atoms with Gasteiger partial charge in [-0.1, -0.05) is 23.8 Å². The molecule has 2 N–H and O–H groups in total. The number of hydrogen-bond donors (Lipinski definition) is 2. The van der Waals surface area contributed by atoms with Crippen molar-refractivity contribution in [2.45, 2.75) is 39.2 Å². The lowest BCUT2D eigenvalue weighted by atomic mass is 10.0. The molecule has 0 spiro atoms. The summed E-state index contributed by atoms with van der Waals surface area (Å²) in [7, 11) is 1.62. The molecule has 0 aliphatic carbocycles. The molecule has 1 aromatic carbocycles. The van der Waals surface area contributed by atoms with Crippen LogP contribution in [0.2, 0.25) is 0 Å². The average Bonchev–Trinajstić information content (AvgIpc) is 2.42. The van der Waals surface area contributed by atoms with Gasteiger partial charge in [0.25, 0.3) is 0 Å². The highest BCUT2D eigenvalue weighted by Crippen LogP contribution is 2.24. The maximum atomic E-state index is 9.70. The van der Waals surface area contributed by atoms with Crippen LogP contribution >= 0.6 is 0 Å². The van der Waals surface area contributed by atoms with Gasteiger partial charge in [0.15, 0.2) is 0 Å². The molecule has 20 heavy (non-hydrogen) atoms. The van der Waals surface area contributed by atoms with E-state index in [4.69, 9.17) is 4.74 Å². The Hall–Kier alpha value is -1.74. The largest absolute Gasteiger partial charge is 0.508 e. The Morgan fingerprint density at radius 2 is 2.10 bits per heavy atom. The van der Waals surface area contributed by atoms with Crippen LogP contribution in [-0.2, 0) is 6.42 Å². The zero-order valence-electron chi connectivity index (χ0n) is 12.5. The Bertz CT molecular complexity index is 489. The van der Waals surface area contributed by atoms with Crippen LogP contribution in [0.3, 0.4) is 0 Å². The molecule has 1 aromatic rings. The van der Waals surface area contributed by atoms with Crippen LogP contribution in [0.15, 0.2) is 42.0 Å². The number of aliphatic hydroxyl groups is 1. The summed E-state index contributed by atoms with van der Waals surface area (Å²) >= 11 is 0. The normalized spacial score (nSPS) is 13.1. The third kappa shape index (κ3) is 5.10. The monoisotopic (exact) mass is 276 g/mol. The number of benzene rings is 1. The summed E-state index contributed by atoms with van der Waals surface area (Å²) in [6.07, 6.45) is 3.88. The minimum Gasteiger partial charge on any atom is -0.508 e. The fourth-order valence-corrected chi connectivity index (χ4v) is 1.92. The first-order valence-corrected chi connectivity index (χ1v) is 6.79. The van der Waals surface area contributed by atoms with E-state index in [1.807, 2.05) is 13.8 Å². The van der Waals surface area contributed by atoms with Gasteiger partial charge in [0.05, 0.1) is 13.2 Å². The smallest absolute Gasteiger partial charge is 0.122 e. The second kappa shape index (κ2) is 7.75. The van der Waals surface area contributed by atoms with E-state index < -0.39 is 6.10 Å². The fraction of sp³-hybridized carbons (Fsp3) is 0.412. The van der Waals surface area contributed by atoms with Gasteiger partial charge in [-0.05, 0) is 51.3 Å². The maximum absolute atomic E-state index is 9.70. The lowest BCUT2D eigenvalue weighted by molar-refractivity contribution is 0.201. The zero-order chi connectivity index (χ0) is 15.1. The molecule has 0 radical (unpaired) electrons. The summed E-state index contributed by atoms with van der Waals surface area (Å²) in [6, 6.07) is 5.09. The highest BCUT2D eigenvalue weighted by atomic mass is 16.5. The predicted octanol–water partition coefficient (Wildman–Crippen LogP) is 3.61. The van der Waals surface area contributed by atoms with Crippen LogP contribution in [0.1, 0.15) is 32.3 Å². The quantitative estimate of drug-likeness (QED) is 0.748. The van der Waals surface area contributed by atoms with Crippen LogP contribution < -0.4 is 4.74 Å². The number of phenolic OH excluding ortho intramolecular Hbond substituents is 1. The van der Waals surface area contributed by atoms with Crippen molar-refractivity contribution >= 4 is 0 Å². The Morgan fingerprint density at radius 3 is 2.70 bits per heavy atom. The third-order valence-electron chi connectivity index (χ3n) is 3.32. The summed E-state index contributed by atoms with van der Waals surface area (Å²) < 4.78 is 5.27. The first-order chi connectivity index (χ1) is 9.43. The zero-order valence-corrected chi connectivity index (χ0v) is 12.5. The number of methoxy groups -OCH3 is 1. The van der Waals surface area contributed by atoms with Gasteiger partial charge in [0.2, 0.25) is 0 Å². The van der Waals surface area contributed by atoms with Crippen LogP contribution in [0.25, 0.3) is 0 Å². The lowest BCUT2D eigenvalue weighted by Crippen LogP contribution is -2.06. The van der Waals surface area contributed by atoms with E-state index in [1.54, 1.807) is 25.3 Å². The molecule has 0 heterocycles. The number of allylic oxidation sites excluding steroid dienone is 2. The van der Waals surface area contributed by atoms with E-state index in [-0.39, 0.29) is 5.75 Å². The molecule has 0 saturated carbocycles. The number of ether oxygens (including phenoxy) is 1. The van der Waals surface area contributed by atoms with Crippen molar-refractivity contribution in [3.05, 3.63) is 47.6 Å². The van der Waals surface area contributed by atoms with Gasteiger partial charge >= 0.3 is 0 Å². The number of rotatable bonds is 7. The first kappa shape index (κ1) is 16.3. The van der Waals surface area contributed by atoms with Crippen molar-refractivity contribution in [3.8, 4) is 11.5 Å². The molecule has 0 fully saturated rings. The predicted molar refractivity (Wildman–Crippen MR) is 82.2 cm³/mol. The van der Waals surface area contributed by atoms with Crippen molar-refractivity contribution in [1.82, 2.24) is 0 Å². The molecule has 0 amide bonds. The second-order valence-corrected chi connectivity index (χ2v) is 5.15. The number of aromatic hydroxyl groups is 1. The topological polar surface area (TPSA) is 49.7 Å². The second-order valence-electron chi connectivity index (χ2n) is 5.15. The Kier molecular flexibility index (Phi) is 6.32. The van der Waals surface area contributed by atoms with Gasteiger partial charge in [-0.15, -0.1) is 0 Å². The maximum Gasteiger partial charge on any atom is 0.122 e. The average molecular weight is 276 g/mol. The standard InChI is InChI=1S/C17H24O3/c1-12(2)16(19)9-6-13(3)5-7-14-11-15(18)8-10-17(14)20-4/h5,8,10-11,16,18-19H,1,6-7,9H2,2-4H3/b13-5+. The molecule has 0 bridgehead atoms. The molecular weight excluding hydrogens is 252 g/mol. The SMILES string of the molecule is C=C(C)C(O)CC/C(C)=C/Cc1cc(O)ccc1OC.